The van der Waals surface area contributed by atoms with E-state index in [1.165, 1.54) is 12.0 Å². The van der Waals surface area contributed by atoms with Gasteiger partial charge in [-0.3, -0.25) is 4.99 Å². The molecule has 3 rings (SSSR count). The van der Waals surface area contributed by atoms with Gasteiger partial charge in [0.2, 0.25) is 0 Å². The molecule has 1 aromatic rings. The summed E-state index contributed by atoms with van der Waals surface area (Å²) in [7, 11) is 1.85. The minimum atomic E-state index is -0.186. The Morgan fingerprint density at radius 3 is 2.44 bits per heavy atom. The third-order valence-electron chi connectivity index (χ3n) is 5.68. The average Bonchev–Trinajstić information content (AvgIpc) is 2.97. The van der Waals surface area contributed by atoms with Gasteiger partial charge >= 0.3 is 0 Å². The second kappa shape index (κ2) is 7.32. The van der Waals surface area contributed by atoms with E-state index >= 15 is 0 Å². The first kappa shape index (κ1) is 18.2. The van der Waals surface area contributed by atoms with E-state index < -0.39 is 0 Å². The van der Waals surface area contributed by atoms with Crippen molar-refractivity contribution in [2.45, 2.75) is 38.5 Å². The Kier molecular flexibility index (Phi) is 5.32. The molecule has 0 radical (unpaired) electrons. The van der Waals surface area contributed by atoms with Crippen molar-refractivity contribution in [1.29, 1.82) is 0 Å². The first-order valence-corrected chi connectivity index (χ1v) is 9.24. The Morgan fingerprint density at radius 1 is 1.20 bits per heavy atom. The fourth-order valence-corrected chi connectivity index (χ4v) is 4.01. The van der Waals surface area contributed by atoms with Crippen molar-refractivity contribution < 1.29 is 9.13 Å². The van der Waals surface area contributed by atoms with Crippen molar-refractivity contribution in [2.24, 2.45) is 10.4 Å². The zero-order valence-corrected chi connectivity index (χ0v) is 15.6. The molecule has 0 aromatic heterocycles. The number of nitrogens with one attached hydrogen (secondary N) is 1. The van der Waals surface area contributed by atoms with Crippen molar-refractivity contribution in [1.82, 2.24) is 10.2 Å². The molecule has 2 fully saturated rings. The number of guanidine groups is 1. The highest BCUT2D eigenvalue weighted by molar-refractivity contribution is 5.80. The second-order valence-electron chi connectivity index (χ2n) is 8.14. The molecular formula is C20H30FN3O. The lowest BCUT2D eigenvalue weighted by Gasteiger charge is -2.39. The Morgan fingerprint density at radius 2 is 1.88 bits per heavy atom. The van der Waals surface area contributed by atoms with E-state index in [2.05, 4.69) is 29.1 Å². The fraction of sp³-hybridized carbons (Fsp3) is 0.650. The van der Waals surface area contributed by atoms with Gasteiger partial charge in [0.15, 0.2) is 5.96 Å². The molecule has 0 spiro atoms. The van der Waals surface area contributed by atoms with Gasteiger partial charge < -0.3 is 15.0 Å². The number of aliphatic imine (C=N–C) groups is 1. The lowest BCUT2D eigenvalue weighted by Crippen LogP contribution is -2.49. The van der Waals surface area contributed by atoms with Gasteiger partial charge in [-0.2, -0.15) is 0 Å². The largest absolute Gasteiger partial charge is 0.381 e. The van der Waals surface area contributed by atoms with Crippen LogP contribution in [0.2, 0.25) is 0 Å². The normalized spacial score (nSPS) is 22.9. The van der Waals surface area contributed by atoms with Gasteiger partial charge in [-0.05, 0) is 42.4 Å². The molecule has 0 aliphatic carbocycles. The number of rotatable bonds is 3. The van der Waals surface area contributed by atoms with Crippen LogP contribution in [0, 0.1) is 11.2 Å². The van der Waals surface area contributed by atoms with Crippen molar-refractivity contribution in [3.63, 3.8) is 0 Å². The molecule has 2 saturated heterocycles. The monoisotopic (exact) mass is 347 g/mol. The quantitative estimate of drug-likeness (QED) is 0.674. The van der Waals surface area contributed by atoms with Crippen LogP contribution in [0.3, 0.4) is 0 Å². The topological polar surface area (TPSA) is 36.9 Å². The number of nitrogens with zero attached hydrogens (tertiary/aromatic N) is 2. The number of likely N-dealkylation sites (tertiary alicyclic amines) is 1. The maximum absolute atomic E-state index is 13.4. The van der Waals surface area contributed by atoms with Gasteiger partial charge in [0.1, 0.15) is 5.82 Å². The minimum Gasteiger partial charge on any atom is -0.381 e. The summed E-state index contributed by atoms with van der Waals surface area (Å²) in [4.78, 5) is 6.84. The standard InChI is InChI=1S/C20H30FN3O/c1-19(2)8-11-24(15-19)18(22-3)23-14-20(9-12-25-13-10-20)16-4-6-17(21)7-5-16/h4-7H,8-15H2,1-3H3,(H,22,23). The molecule has 2 aliphatic heterocycles. The summed E-state index contributed by atoms with van der Waals surface area (Å²) in [6, 6.07) is 6.96. The van der Waals surface area contributed by atoms with Crippen LogP contribution in [0.1, 0.15) is 38.7 Å². The maximum Gasteiger partial charge on any atom is 0.193 e. The highest BCUT2D eigenvalue weighted by atomic mass is 19.1. The molecule has 2 aliphatic rings. The van der Waals surface area contributed by atoms with Crippen LogP contribution in [0.25, 0.3) is 0 Å². The molecular weight excluding hydrogens is 317 g/mol. The molecule has 138 valence electrons. The van der Waals surface area contributed by atoms with Crippen molar-refractivity contribution in [2.75, 3.05) is 39.9 Å². The predicted molar refractivity (Wildman–Crippen MR) is 99.5 cm³/mol. The smallest absolute Gasteiger partial charge is 0.193 e. The number of hydrogen-bond acceptors (Lipinski definition) is 2. The third kappa shape index (κ3) is 4.14. The SMILES string of the molecule is CN=C(NCC1(c2ccc(F)cc2)CCOCC1)N1CCC(C)(C)C1. The lowest BCUT2D eigenvalue weighted by atomic mass is 9.74. The molecule has 1 N–H and O–H groups in total. The summed E-state index contributed by atoms with van der Waals surface area (Å²) in [6.07, 6.45) is 3.06. The van der Waals surface area contributed by atoms with Crippen LogP contribution >= 0.6 is 0 Å². The van der Waals surface area contributed by atoms with Gasteiger partial charge in [0.25, 0.3) is 0 Å². The zero-order valence-electron chi connectivity index (χ0n) is 15.6. The molecule has 2 heterocycles. The van der Waals surface area contributed by atoms with Gasteiger partial charge in [-0.15, -0.1) is 0 Å². The molecule has 25 heavy (non-hydrogen) atoms. The molecule has 4 nitrogen and oxygen atoms in total. The van der Waals surface area contributed by atoms with Crippen LogP contribution in [0.5, 0.6) is 0 Å². The van der Waals surface area contributed by atoms with E-state index in [1.807, 2.05) is 19.2 Å². The highest BCUT2D eigenvalue weighted by Crippen LogP contribution is 2.35. The first-order chi connectivity index (χ1) is 11.9. The van der Waals surface area contributed by atoms with Gasteiger partial charge in [0, 0.05) is 45.3 Å². The second-order valence-corrected chi connectivity index (χ2v) is 8.14. The third-order valence-corrected chi connectivity index (χ3v) is 5.68. The fourth-order valence-electron chi connectivity index (χ4n) is 4.01. The van der Waals surface area contributed by atoms with Crippen LogP contribution < -0.4 is 5.32 Å². The van der Waals surface area contributed by atoms with E-state index in [9.17, 15) is 4.39 Å². The van der Waals surface area contributed by atoms with E-state index in [4.69, 9.17) is 4.74 Å². The van der Waals surface area contributed by atoms with Crippen LogP contribution in [0.15, 0.2) is 29.3 Å². The average molecular weight is 347 g/mol. The molecule has 0 atom stereocenters. The predicted octanol–water partition coefficient (Wildman–Crippen LogP) is 3.18. The Balaban J connectivity index is 1.73. The van der Waals surface area contributed by atoms with Gasteiger partial charge in [-0.25, -0.2) is 4.39 Å². The molecule has 0 saturated carbocycles. The Hall–Kier alpha value is -1.62. The van der Waals surface area contributed by atoms with Crippen LogP contribution in [-0.4, -0.2) is 50.8 Å². The van der Waals surface area contributed by atoms with Gasteiger partial charge in [0.05, 0.1) is 0 Å². The van der Waals surface area contributed by atoms with Gasteiger partial charge in [-0.1, -0.05) is 26.0 Å². The summed E-state index contributed by atoms with van der Waals surface area (Å²) in [5, 5.41) is 3.60. The summed E-state index contributed by atoms with van der Waals surface area (Å²) < 4.78 is 18.9. The Labute approximate surface area is 150 Å². The number of benzene rings is 1. The minimum absolute atomic E-state index is 0.0306. The molecule has 0 bridgehead atoms. The van der Waals surface area contributed by atoms with Crippen LogP contribution in [-0.2, 0) is 10.2 Å². The number of hydrogen-bond donors (Lipinski definition) is 1. The summed E-state index contributed by atoms with van der Waals surface area (Å²) in [6.45, 7) is 8.96. The van der Waals surface area contributed by atoms with E-state index in [-0.39, 0.29) is 11.2 Å². The molecule has 0 amide bonds. The summed E-state index contributed by atoms with van der Waals surface area (Å²) >= 11 is 0. The van der Waals surface area contributed by atoms with E-state index in [0.717, 1.165) is 51.6 Å². The molecule has 5 heteroatoms. The molecule has 0 unspecified atom stereocenters. The van der Waals surface area contributed by atoms with Crippen molar-refractivity contribution in [3.05, 3.63) is 35.6 Å². The van der Waals surface area contributed by atoms with Crippen molar-refractivity contribution in [3.8, 4) is 0 Å². The van der Waals surface area contributed by atoms with E-state index in [1.54, 1.807) is 12.1 Å². The lowest BCUT2D eigenvalue weighted by molar-refractivity contribution is 0.0512. The number of ether oxygens (including phenoxy) is 1. The van der Waals surface area contributed by atoms with Crippen LogP contribution in [0.4, 0.5) is 4.39 Å². The maximum atomic E-state index is 13.4. The molecule has 1 aromatic carbocycles. The van der Waals surface area contributed by atoms with Crippen molar-refractivity contribution >= 4 is 5.96 Å². The highest BCUT2D eigenvalue weighted by Gasteiger charge is 2.36. The number of halogens is 1. The summed E-state index contributed by atoms with van der Waals surface area (Å²) in [5.41, 5.74) is 1.49. The van der Waals surface area contributed by atoms with E-state index in [0.29, 0.717) is 5.41 Å². The zero-order chi connectivity index (χ0) is 17.9. The Bertz CT molecular complexity index is 606. The summed E-state index contributed by atoms with van der Waals surface area (Å²) in [5.74, 6) is 0.785. The first-order valence-electron chi connectivity index (χ1n) is 9.24.